The van der Waals surface area contributed by atoms with Crippen molar-refractivity contribution in [3.63, 3.8) is 0 Å². The van der Waals surface area contributed by atoms with Crippen LogP contribution in [0.1, 0.15) is 24.1 Å². The monoisotopic (exact) mass is 180 g/mol. The van der Waals surface area contributed by atoms with Gasteiger partial charge in [0.15, 0.2) is 5.88 Å². The smallest absolute Gasteiger partial charge is 0.191 e. The second-order valence-electron chi connectivity index (χ2n) is 3.48. The minimum atomic E-state index is 0.573. The molecule has 3 heteroatoms. The summed E-state index contributed by atoms with van der Waals surface area (Å²) in [4.78, 5) is 3.29. The Kier molecular flexibility index (Phi) is 2.54. The number of fused-ring (bicyclic) bond motifs is 1. The molecule has 1 aromatic rings. The average molecular weight is 180 g/mol. The third kappa shape index (κ3) is 1.86. The highest BCUT2D eigenvalue weighted by molar-refractivity contribution is 5.31. The molecule has 0 bridgehead atoms. The first kappa shape index (κ1) is 8.63. The maximum absolute atomic E-state index is 5.43. The standard InChI is InChI=1S/C10H16N2O/c11-5-6-13-10-7-8-3-1-2-4-9(8)12-10/h7,12H,1-6,11H2. The van der Waals surface area contributed by atoms with Crippen LogP contribution in [0.15, 0.2) is 6.07 Å². The summed E-state index contributed by atoms with van der Waals surface area (Å²) in [7, 11) is 0. The van der Waals surface area contributed by atoms with Crippen LogP contribution in [0.5, 0.6) is 5.88 Å². The molecule has 1 heterocycles. The molecule has 0 fully saturated rings. The van der Waals surface area contributed by atoms with Crippen LogP contribution < -0.4 is 10.5 Å². The Morgan fingerprint density at radius 1 is 1.38 bits per heavy atom. The van der Waals surface area contributed by atoms with Crippen molar-refractivity contribution in [3.05, 3.63) is 17.3 Å². The van der Waals surface area contributed by atoms with Gasteiger partial charge >= 0.3 is 0 Å². The number of aromatic nitrogens is 1. The zero-order valence-electron chi connectivity index (χ0n) is 7.81. The molecular formula is C10H16N2O. The summed E-state index contributed by atoms with van der Waals surface area (Å²) in [6, 6.07) is 2.12. The molecule has 0 saturated carbocycles. The predicted molar refractivity (Wildman–Crippen MR) is 52.0 cm³/mol. The minimum Gasteiger partial charge on any atom is -0.478 e. The van der Waals surface area contributed by atoms with Gasteiger partial charge in [-0.25, -0.2) is 0 Å². The van der Waals surface area contributed by atoms with Gasteiger partial charge in [0, 0.05) is 18.3 Å². The Morgan fingerprint density at radius 2 is 2.23 bits per heavy atom. The van der Waals surface area contributed by atoms with Gasteiger partial charge in [0.1, 0.15) is 6.61 Å². The lowest BCUT2D eigenvalue weighted by Gasteiger charge is -2.08. The minimum absolute atomic E-state index is 0.573. The van der Waals surface area contributed by atoms with Crippen LogP contribution in [0, 0.1) is 0 Å². The summed E-state index contributed by atoms with van der Waals surface area (Å²) in [5, 5.41) is 0. The molecule has 0 amide bonds. The Bertz CT molecular complexity index is 257. The predicted octanol–water partition coefficient (Wildman–Crippen LogP) is 1.23. The highest BCUT2D eigenvalue weighted by Crippen LogP contribution is 2.24. The van der Waals surface area contributed by atoms with E-state index in [2.05, 4.69) is 11.1 Å². The third-order valence-corrected chi connectivity index (χ3v) is 2.47. The zero-order chi connectivity index (χ0) is 9.10. The van der Waals surface area contributed by atoms with Crippen LogP contribution in [0.2, 0.25) is 0 Å². The third-order valence-electron chi connectivity index (χ3n) is 2.47. The van der Waals surface area contributed by atoms with E-state index in [0.29, 0.717) is 13.2 Å². The summed E-state index contributed by atoms with van der Waals surface area (Å²) < 4.78 is 5.43. The molecule has 0 unspecified atom stereocenters. The molecule has 72 valence electrons. The molecule has 3 nitrogen and oxygen atoms in total. The number of nitrogens with two attached hydrogens (primary N) is 1. The Morgan fingerprint density at radius 3 is 3.00 bits per heavy atom. The molecule has 0 aliphatic heterocycles. The summed E-state index contributed by atoms with van der Waals surface area (Å²) in [5.74, 6) is 0.886. The van der Waals surface area contributed by atoms with Gasteiger partial charge < -0.3 is 15.5 Å². The SMILES string of the molecule is NCCOc1cc2c([nH]1)CCCC2. The van der Waals surface area contributed by atoms with E-state index < -0.39 is 0 Å². The summed E-state index contributed by atoms with van der Waals surface area (Å²) >= 11 is 0. The van der Waals surface area contributed by atoms with Gasteiger partial charge in [0.2, 0.25) is 0 Å². The van der Waals surface area contributed by atoms with E-state index in [9.17, 15) is 0 Å². The van der Waals surface area contributed by atoms with Gasteiger partial charge in [-0.15, -0.1) is 0 Å². The van der Waals surface area contributed by atoms with E-state index in [-0.39, 0.29) is 0 Å². The fourth-order valence-electron chi connectivity index (χ4n) is 1.82. The maximum atomic E-state index is 5.43. The van der Waals surface area contributed by atoms with Crippen molar-refractivity contribution in [2.75, 3.05) is 13.2 Å². The molecule has 0 saturated heterocycles. The number of aromatic amines is 1. The first-order valence-electron chi connectivity index (χ1n) is 4.94. The van der Waals surface area contributed by atoms with Gasteiger partial charge in [-0.3, -0.25) is 0 Å². The van der Waals surface area contributed by atoms with E-state index in [4.69, 9.17) is 10.5 Å². The Hall–Kier alpha value is -0.960. The Balaban J connectivity index is 2.07. The van der Waals surface area contributed by atoms with Crippen LogP contribution in [-0.4, -0.2) is 18.1 Å². The quantitative estimate of drug-likeness (QED) is 0.735. The summed E-state index contributed by atoms with van der Waals surface area (Å²) in [6.07, 6.45) is 4.96. The van der Waals surface area contributed by atoms with Crippen molar-refractivity contribution in [2.24, 2.45) is 5.73 Å². The number of nitrogens with one attached hydrogen (secondary N) is 1. The first-order valence-corrected chi connectivity index (χ1v) is 4.94. The number of ether oxygens (including phenoxy) is 1. The van der Waals surface area contributed by atoms with Crippen LogP contribution in [-0.2, 0) is 12.8 Å². The van der Waals surface area contributed by atoms with Crippen molar-refractivity contribution in [3.8, 4) is 5.88 Å². The first-order chi connectivity index (χ1) is 6.40. The van der Waals surface area contributed by atoms with E-state index in [1.807, 2.05) is 0 Å². The van der Waals surface area contributed by atoms with Crippen molar-refractivity contribution in [1.29, 1.82) is 0 Å². The van der Waals surface area contributed by atoms with Crippen molar-refractivity contribution >= 4 is 0 Å². The lowest BCUT2D eigenvalue weighted by atomic mass is 9.98. The molecule has 0 radical (unpaired) electrons. The Labute approximate surface area is 78.3 Å². The fourth-order valence-corrected chi connectivity index (χ4v) is 1.82. The van der Waals surface area contributed by atoms with Gasteiger partial charge in [0.25, 0.3) is 0 Å². The van der Waals surface area contributed by atoms with Gasteiger partial charge in [-0.1, -0.05) is 0 Å². The van der Waals surface area contributed by atoms with Gasteiger partial charge in [0.05, 0.1) is 0 Å². The largest absolute Gasteiger partial charge is 0.478 e. The molecule has 0 spiro atoms. The van der Waals surface area contributed by atoms with Gasteiger partial charge in [-0.2, -0.15) is 0 Å². The maximum Gasteiger partial charge on any atom is 0.191 e. The number of hydrogen-bond donors (Lipinski definition) is 2. The van der Waals surface area contributed by atoms with Crippen molar-refractivity contribution in [1.82, 2.24) is 4.98 Å². The van der Waals surface area contributed by atoms with E-state index >= 15 is 0 Å². The summed E-state index contributed by atoms with van der Waals surface area (Å²) in [5.41, 5.74) is 8.15. The molecule has 1 aliphatic carbocycles. The van der Waals surface area contributed by atoms with Gasteiger partial charge in [-0.05, 0) is 31.2 Å². The topological polar surface area (TPSA) is 51.0 Å². The number of hydrogen-bond acceptors (Lipinski definition) is 2. The van der Waals surface area contributed by atoms with Crippen molar-refractivity contribution in [2.45, 2.75) is 25.7 Å². The zero-order valence-corrected chi connectivity index (χ0v) is 7.81. The van der Waals surface area contributed by atoms with Crippen molar-refractivity contribution < 1.29 is 4.74 Å². The molecule has 0 atom stereocenters. The van der Waals surface area contributed by atoms with E-state index in [1.165, 1.54) is 36.9 Å². The number of aryl methyl sites for hydroxylation is 2. The fraction of sp³-hybridized carbons (Fsp3) is 0.600. The molecule has 1 aromatic heterocycles. The van der Waals surface area contributed by atoms with Crippen LogP contribution >= 0.6 is 0 Å². The second-order valence-corrected chi connectivity index (χ2v) is 3.48. The number of rotatable bonds is 3. The molecule has 13 heavy (non-hydrogen) atoms. The summed E-state index contributed by atoms with van der Waals surface area (Å²) in [6.45, 7) is 1.17. The van der Waals surface area contributed by atoms with E-state index in [0.717, 1.165) is 5.88 Å². The average Bonchev–Trinajstić information content (AvgIpc) is 2.57. The highest BCUT2D eigenvalue weighted by Gasteiger charge is 2.12. The van der Waals surface area contributed by atoms with E-state index in [1.54, 1.807) is 0 Å². The molecule has 1 aliphatic rings. The van der Waals surface area contributed by atoms with Crippen LogP contribution in [0.4, 0.5) is 0 Å². The van der Waals surface area contributed by atoms with Crippen LogP contribution in [0.3, 0.4) is 0 Å². The lowest BCUT2D eigenvalue weighted by Crippen LogP contribution is -2.10. The lowest BCUT2D eigenvalue weighted by molar-refractivity contribution is 0.317. The number of H-pyrrole nitrogens is 1. The molecule has 2 rings (SSSR count). The second kappa shape index (κ2) is 3.83. The molecule has 3 N–H and O–H groups in total. The molecular weight excluding hydrogens is 164 g/mol. The normalized spacial score (nSPS) is 15.5. The highest BCUT2D eigenvalue weighted by atomic mass is 16.5. The van der Waals surface area contributed by atoms with Crippen LogP contribution in [0.25, 0.3) is 0 Å². The molecule has 0 aromatic carbocycles.